The van der Waals surface area contributed by atoms with Crippen LogP contribution in [0.3, 0.4) is 0 Å². The molecule has 0 amide bonds. The average molecular weight is 233 g/mol. The number of aromatic nitrogens is 1. The van der Waals surface area contributed by atoms with Gasteiger partial charge in [-0.05, 0) is 42.8 Å². The van der Waals surface area contributed by atoms with Gasteiger partial charge < -0.3 is 0 Å². The van der Waals surface area contributed by atoms with Crippen molar-refractivity contribution >= 4 is 5.78 Å². The average Bonchev–Trinajstić information content (AvgIpc) is 2.29. The predicted molar refractivity (Wildman–Crippen MR) is 58.8 cm³/mol. The van der Waals surface area contributed by atoms with E-state index < -0.39 is 17.4 Å². The number of pyridine rings is 1. The summed E-state index contributed by atoms with van der Waals surface area (Å²) >= 11 is 0. The van der Waals surface area contributed by atoms with Crippen molar-refractivity contribution < 1.29 is 13.6 Å². The topological polar surface area (TPSA) is 30.0 Å². The molecular formula is C13H9F2NO. The maximum atomic E-state index is 13.4. The van der Waals surface area contributed by atoms with Gasteiger partial charge in [-0.2, -0.15) is 0 Å². The molecule has 0 unspecified atom stereocenters. The summed E-state index contributed by atoms with van der Waals surface area (Å²) < 4.78 is 26.3. The van der Waals surface area contributed by atoms with Gasteiger partial charge in [0, 0.05) is 11.8 Å². The van der Waals surface area contributed by atoms with Crippen LogP contribution in [0.25, 0.3) is 0 Å². The number of carbonyl (C=O) groups is 1. The molecule has 0 saturated heterocycles. The van der Waals surface area contributed by atoms with Crippen molar-refractivity contribution in [2.24, 2.45) is 0 Å². The Balaban J connectivity index is 2.48. The van der Waals surface area contributed by atoms with Gasteiger partial charge in [-0.25, -0.2) is 13.8 Å². The summed E-state index contributed by atoms with van der Waals surface area (Å²) in [7, 11) is 0. The van der Waals surface area contributed by atoms with E-state index in [0.717, 1.165) is 0 Å². The van der Waals surface area contributed by atoms with Gasteiger partial charge in [-0.1, -0.05) is 0 Å². The van der Waals surface area contributed by atoms with E-state index in [-0.39, 0.29) is 11.3 Å². The first-order chi connectivity index (χ1) is 8.09. The maximum absolute atomic E-state index is 13.4. The van der Waals surface area contributed by atoms with Crippen LogP contribution in [0.15, 0.2) is 36.5 Å². The summed E-state index contributed by atoms with van der Waals surface area (Å²) in [6.07, 6.45) is 1.34. The highest BCUT2D eigenvalue weighted by Gasteiger charge is 2.17. The SMILES string of the molecule is Cc1cc(F)ccc1C(=O)c1ncccc1F. The molecule has 0 aliphatic rings. The lowest BCUT2D eigenvalue weighted by Gasteiger charge is -2.05. The van der Waals surface area contributed by atoms with Crippen LogP contribution in [0, 0.1) is 18.6 Å². The number of carbonyl (C=O) groups excluding carboxylic acids is 1. The predicted octanol–water partition coefficient (Wildman–Crippen LogP) is 2.90. The summed E-state index contributed by atoms with van der Waals surface area (Å²) in [5, 5.41) is 0. The molecular weight excluding hydrogens is 224 g/mol. The number of benzene rings is 1. The molecule has 1 heterocycles. The standard InChI is InChI=1S/C13H9F2NO/c1-8-7-9(14)4-5-10(8)13(17)12-11(15)3-2-6-16-12/h2-7H,1H3. The van der Waals surface area contributed by atoms with E-state index in [1.54, 1.807) is 6.92 Å². The van der Waals surface area contributed by atoms with E-state index in [2.05, 4.69) is 4.98 Å². The third kappa shape index (κ3) is 2.20. The number of aryl methyl sites for hydroxylation is 1. The van der Waals surface area contributed by atoms with Crippen molar-refractivity contribution in [1.82, 2.24) is 4.98 Å². The van der Waals surface area contributed by atoms with Crippen LogP contribution in [-0.4, -0.2) is 10.8 Å². The van der Waals surface area contributed by atoms with Crippen molar-refractivity contribution in [1.29, 1.82) is 0 Å². The fourth-order valence-corrected chi connectivity index (χ4v) is 1.56. The van der Waals surface area contributed by atoms with E-state index in [9.17, 15) is 13.6 Å². The van der Waals surface area contributed by atoms with Gasteiger partial charge in [0.2, 0.25) is 5.78 Å². The molecule has 2 nitrogen and oxygen atoms in total. The van der Waals surface area contributed by atoms with Crippen LogP contribution in [0.2, 0.25) is 0 Å². The molecule has 0 aliphatic heterocycles. The van der Waals surface area contributed by atoms with Crippen molar-refractivity contribution in [3.63, 3.8) is 0 Å². The lowest BCUT2D eigenvalue weighted by atomic mass is 10.0. The maximum Gasteiger partial charge on any atom is 0.214 e. The van der Waals surface area contributed by atoms with E-state index in [0.29, 0.717) is 5.56 Å². The molecule has 1 aromatic heterocycles. The lowest BCUT2D eigenvalue weighted by molar-refractivity contribution is 0.102. The number of hydrogen-bond acceptors (Lipinski definition) is 2. The van der Waals surface area contributed by atoms with E-state index >= 15 is 0 Å². The first kappa shape index (κ1) is 11.4. The molecule has 0 bridgehead atoms. The smallest absolute Gasteiger partial charge is 0.214 e. The van der Waals surface area contributed by atoms with Gasteiger partial charge in [0.05, 0.1) is 0 Å². The molecule has 0 aliphatic carbocycles. The van der Waals surface area contributed by atoms with Crippen molar-refractivity contribution in [2.75, 3.05) is 0 Å². The molecule has 0 spiro atoms. The third-order valence-electron chi connectivity index (χ3n) is 2.41. The number of rotatable bonds is 2. The molecule has 0 saturated carbocycles. The summed E-state index contributed by atoms with van der Waals surface area (Å²) in [6.45, 7) is 1.59. The fraction of sp³-hybridized carbons (Fsp3) is 0.0769. The van der Waals surface area contributed by atoms with Gasteiger partial charge in [0.15, 0.2) is 5.82 Å². The van der Waals surface area contributed by atoms with Gasteiger partial charge in [0.1, 0.15) is 11.5 Å². The van der Waals surface area contributed by atoms with E-state index in [4.69, 9.17) is 0 Å². The summed E-state index contributed by atoms with van der Waals surface area (Å²) in [5.74, 6) is -1.65. The van der Waals surface area contributed by atoms with Crippen LogP contribution in [-0.2, 0) is 0 Å². The Morgan fingerprint density at radius 3 is 2.65 bits per heavy atom. The number of halogens is 2. The summed E-state index contributed by atoms with van der Waals surface area (Å²) in [5.41, 5.74) is 0.464. The Kier molecular flexibility index (Phi) is 2.95. The van der Waals surface area contributed by atoms with Crippen LogP contribution < -0.4 is 0 Å². The number of hydrogen-bond donors (Lipinski definition) is 0. The quantitative estimate of drug-likeness (QED) is 0.746. The van der Waals surface area contributed by atoms with Crippen molar-refractivity contribution in [2.45, 2.75) is 6.92 Å². The van der Waals surface area contributed by atoms with Gasteiger partial charge in [-0.15, -0.1) is 0 Å². The molecule has 0 atom stereocenters. The monoisotopic (exact) mass is 233 g/mol. The van der Waals surface area contributed by atoms with Crippen LogP contribution in [0.5, 0.6) is 0 Å². The highest BCUT2D eigenvalue weighted by atomic mass is 19.1. The third-order valence-corrected chi connectivity index (χ3v) is 2.41. The normalized spacial score (nSPS) is 10.3. The van der Waals surface area contributed by atoms with Crippen LogP contribution >= 0.6 is 0 Å². The Hall–Kier alpha value is -2.10. The molecule has 4 heteroatoms. The van der Waals surface area contributed by atoms with Crippen molar-refractivity contribution in [3.8, 4) is 0 Å². The summed E-state index contributed by atoms with van der Waals surface area (Å²) in [6, 6.07) is 6.30. The molecule has 2 aromatic rings. The molecule has 1 aromatic carbocycles. The van der Waals surface area contributed by atoms with E-state index in [1.807, 2.05) is 0 Å². The second-order valence-corrected chi connectivity index (χ2v) is 3.62. The second kappa shape index (κ2) is 4.41. The van der Waals surface area contributed by atoms with Crippen LogP contribution in [0.4, 0.5) is 8.78 Å². The zero-order valence-corrected chi connectivity index (χ0v) is 9.08. The number of ketones is 1. The lowest BCUT2D eigenvalue weighted by Crippen LogP contribution is -2.08. The van der Waals surface area contributed by atoms with E-state index in [1.165, 1.54) is 36.5 Å². The Bertz CT molecular complexity index is 581. The Morgan fingerprint density at radius 1 is 1.24 bits per heavy atom. The first-order valence-electron chi connectivity index (χ1n) is 5.01. The zero-order valence-electron chi connectivity index (χ0n) is 9.08. The van der Waals surface area contributed by atoms with Crippen molar-refractivity contribution in [3.05, 3.63) is 65.0 Å². The van der Waals surface area contributed by atoms with Gasteiger partial charge in [0.25, 0.3) is 0 Å². The molecule has 0 N–H and O–H groups in total. The van der Waals surface area contributed by atoms with Gasteiger partial charge in [-0.3, -0.25) is 4.79 Å². The molecule has 0 radical (unpaired) electrons. The minimum atomic E-state index is -0.679. The molecule has 2 rings (SSSR count). The first-order valence-corrected chi connectivity index (χ1v) is 5.01. The van der Waals surface area contributed by atoms with Crippen LogP contribution in [0.1, 0.15) is 21.6 Å². The van der Waals surface area contributed by atoms with Gasteiger partial charge >= 0.3 is 0 Å². The second-order valence-electron chi connectivity index (χ2n) is 3.62. The minimum Gasteiger partial charge on any atom is -0.287 e. The summed E-state index contributed by atoms with van der Waals surface area (Å²) in [4.78, 5) is 15.7. The fourth-order valence-electron chi connectivity index (χ4n) is 1.56. The highest BCUT2D eigenvalue weighted by Crippen LogP contribution is 2.15. The Morgan fingerprint density at radius 2 is 2.00 bits per heavy atom. The molecule has 0 fully saturated rings. The largest absolute Gasteiger partial charge is 0.287 e. The Labute approximate surface area is 96.9 Å². The zero-order chi connectivity index (χ0) is 12.4. The minimum absolute atomic E-state index is 0.248. The molecule has 17 heavy (non-hydrogen) atoms. The number of nitrogens with zero attached hydrogens (tertiary/aromatic N) is 1. The highest BCUT2D eigenvalue weighted by molar-refractivity contribution is 6.08. The molecule has 86 valence electrons.